The number of aromatic nitrogens is 3. The van der Waals surface area contributed by atoms with Gasteiger partial charge in [-0.15, -0.1) is 5.10 Å². The van der Waals surface area contributed by atoms with Crippen molar-refractivity contribution in [3.63, 3.8) is 0 Å². The van der Waals surface area contributed by atoms with E-state index in [0.717, 1.165) is 25.9 Å². The second-order valence-corrected chi connectivity index (χ2v) is 8.58. The maximum atomic E-state index is 13.5. The highest BCUT2D eigenvalue weighted by atomic mass is 16.5. The van der Waals surface area contributed by atoms with E-state index in [0.29, 0.717) is 19.5 Å². The van der Waals surface area contributed by atoms with Gasteiger partial charge >= 0.3 is 5.97 Å². The third-order valence-electron chi connectivity index (χ3n) is 6.50. The van der Waals surface area contributed by atoms with Crippen molar-refractivity contribution in [2.45, 2.75) is 57.7 Å². The summed E-state index contributed by atoms with van der Waals surface area (Å²) >= 11 is 0. The molecule has 166 valence electrons. The summed E-state index contributed by atoms with van der Waals surface area (Å²) in [5, 5.41) is 8.11. The van der Waals surface area contributed by atoms with Crippen molar-refractivity contribution in [2.24, 2.45) is 0 Å². The van der Waals surface area contributed by atoms with Crippen LogP contribution in [0.15, 0.2) is 30.5 Å². The van der Waals surface area contributed by atoms with Crippen molar-refractivity contribution in [1.82, 2.24) is 24.8 Å². The molecule has 0 aliphatic carbocycles. The van der Waals surface area contributed by atoms with Crippen molar-refractivity contribution in [1.29, 1.82) is 0 Å². The number of amides is 1. The number of nitrogens with zero attached hydrogens (tertiary/aromatic N) is 5. The molecule has 1 amide bonds. The minimum atomic E-state index is -0.502. The fraction of sp³-hybridized carbons (Fsp3) is 0.565. The molecule has 2 aromatic rings. The van der Waals surface area contributed by atoms with Crippen molar-refractivity contribution >= 4 is 11.9 Å². The molecule has 8 heteroatoms. The summed E-state index contributed by atoms with van der Waals surface area (Å²) < 4.78 is 6.47. The molecule has 2 atom stereocenters. The van der Waals surface area contributed by atoms with Gasteiger partial charge in [0.15, 0.2) is 5.69 Å². The van der Waals surface area contributed by atoms with Gasteiger partial charge in [-0.2, -0.15) is 0 Å². The quantitative estimate of drug-likeness (QED) is 0.685. The third kappa shape index (κ3) is 4.79. The minimum Gasteiger partial charge on any atom is -0.464 e. The molecule has 0 N–H and O–H groups in total. The average molecular weight is 426 g/mol. The normalized spacial score (nSPS) is 22.3. The lowest BCUT2D eigenvalue weighted by atomic mass is 10.1. The van der Waals surface area contributed by atoms with Gasteiger partial charge in [-0.25, -0.2) is 9.48 Å². The van der Waals surface area contributed by atoms with E-state index in [9.17, 15) is 9.59 Å². The zero-order chi connectivity index (χ0) is 21.8. The maximum absolute atomic E-state index is 13.5. The lowest BCUT2D eigenvalue weighted by molar-refractivity contribution is -0.136. The van der Waals surface area contributed by atoms with Gasteiger partial charge in [0.25, 0.3) is 0 Å². The lowest BCUT2D eigenvalue weighted by Crippen LogP contribution is -2.45. The van der Waals surface area contributed by atoms with Crippen LogP contribution in [0.2, 0.25) is 0 Å². The van der Waals surface area contributed by atoms with E-state index in [2.05, 4.69) is 34.3 Å². The lowest BCUT2D eigenvalue weighted by Gasteiger charge is -2.29. The van der Waals surface area contributed by atoms with E-state index >= 15 is 0 Å². The van der Waals surface area contributed by atoms with Crippen LogP contribution in [0.5, 0.6) is 0 Å². The number of carbonyl (C=O) groups is 2. The molecule has 0 spiro atoms. The molecule has 8 nitrogen and oxygen atoms in total. The Morgan fingerprint density at radius 3 is 2.58 bits per heavy atom. The van der Waals surface area contributed by atoms with Crippen LogP contribution in [0.4, 0.5) is 0 Å². The molecule has 31 heavy (non-hydrogen) atoms. The van der Waals surface area contributed by atoms with Crippen LogP contribution in [0, 0.1) is 6.92 Å². The Morgan fingerprint density at radius 2 is 1.87 bits per heavy atom. The number of methoxy groups -OCH3 is 1. The van der Waals surface area contributed by atoms with E-state index in [1.54, 1.807) is 10.9 Å². The van der Waals surface area contributed by atoms with Crippen LogP contribution in [-0.2, 0) is 16.1 Å². The highest BCUT2D eigenvalue weighted by Crippen LogP contribution is 2.31. The topological polar surface area (TPSA) is 80.6 Å². The molecule has 4 rings (SSSR count). The van der Waals surface area contributed by atoms with Crippen LogP contribution < -0.4 is 0 Å². The molecule has 3 heterocycles. The molecule has 2 fully saturated rings. The maximum Gasteiger partial charge on any atom is 0.360 e. The first-order valence-electron chi connectivity index (χ1n) is 11.1. The molecule has 1 aromatic heterocycles. The van der Waals surface area contributed by atoms with E-state index < -0.39 is 5.97 Å². The number of carbonyl (C=O) groups excluding carboxylic acids is 2. The predicted octanol–water partition coefficient (Wildman–Crippen LogP) is 2.59. The van der Waals surface area contributed by atoms with Gasteiger partial charge in [0, 0.05) is 26.2 Å². The fourth-order valence-corrected chi connectivity index (χ4v) is 4.66. The van der Waals surface area contributed by atoms with Crippen molar-refractivity contribution in [3.8, 4) is 0 Å². The molecule has 1 aromatic carbocycles. The number of rotatable bonds is 5. The number of hydrogen-bond donors (Lipinski definition) is 0. The number of likely N-dealkylation sites (tertiary alicyclic amines) is 2. The Morgan fingerprint density at radius 1 is 1.13 bits per heavy atom. The third-order valence-corrected chi connectivity index (χ3v) is 6.50. The van der Waals surface area contributed by atoms with E-state index in [1.807, 2.05) is 17.0 Å². The van der Waals surface area contributed by atoms with Crippen LogP contribution in [0.1, 0.15) is 59.8 Å². The minimum absolute atomic E-state index is 0.0177. The van der Waals surface area contributed by atoms with Crippen molar-refractivity contribution in [2.75, 3.05) is 26.7 Å². The van der Waals surface area contributed by atoms with Crippen LogP contribution in [0.3, 0.4) is 0 Å². The molecule has 0 saturated carbocycles. The highest BCUT2D eigenvalue weighted by molar-refractivity contribution is 5.86. The summed E-state index contributed by atoms with van der Waals surface area (Å²) in [5.41, 5.74) is 2.64. The Labute approximate surface area is 183 Å². The van der Waals surface area contributed by atoms with Gasteiger partial charge in [-0.05, 0) is 37.3 Å². The first-order valence-corrected chi connectivity index (χ1v) is 11.1. The van der Waals surface area contributed by atoms with Gasteiger partial charge in [0.1, 0.15) is 0 Å². The van der Waals surface area contributed by atoms with Crippen molar-refractivity contribution in [3.05, 3.63) is 47.3 Å². The monoisotopic (exact) mass is 425 g/mol. The molecular weight excluding hydrogens is 394 g/mol. The Bertz CT molecular complexity index is 919. The first kappa shape index (κ1) is 21.5. The van der Waals surface area contributed by atoms with Crippen LogP contribution >= 0.6 is 0 Å². The number of aryl methyl sites for hydroxylation is 1. The zero-order valence-corrected chi connectivity index (χ0v) is 18.4. The molecule has 0 radical (unpaired) electrons. The van der Waals surface area contributed by atoms with E-state index in [1.165, 1.54) is 31.1 Å². The first-order chi connectivity index (χ1) is 15.1. The van der Waals surface area contributed by atoms with Gasteiger partial charge in [0.2, 0.25) is 5.91 Å². The fourth-order valence-electron chi connectivity index (χ4n) is 4.66. The van der Waals surface area contributed by atoms with Crippen LogP contribution in [0.25, 0.3) is 0 Å². The Balaban J connectivity index is 1.56. The zero-order valence-electron chi connectivity index (χ0n) is 18.4. The number of ether oxygens (including phenoxy) is 1. The van der Waals surface area contributed by atoms with Crippen molar-refractivity contribution < 1.29 is 14.3 Å². The number of benzene rings is 1. The average Bonchev–Trinajstić information content (AvgIpc) is 3.34. The van der Waals surface area contributed by atoms with Gasteiger partial charge in [0.05, 0.1) is 25.4 Å². The summed E-state index contributed by atoms with van der Waals surface area (Å²) in [4.78, 5) is 29.6. The largest absolute Gasteiger partial charge is 0.464 e. The number of hydrogen-bond acceptors (Lipinski definition) is 6. The number of esters is 1. The Hall–Kier alpha value is -2.74. The standard InChI is InChI=1S/C23H31N5O3/c1-17-9-5-6-10-18(17)14-27-15-19(28-16-20(24-25-28)23(30)31-2)13-21(27)22(29)26-11-7-3-4-8-12-26/h5-6,9-10,16,19,21H,3-4,7-8,11-15H2,1-2H3/t19-,21+/m1/s1. The molecule has 2 aliphatic heterocycles. The summed E-state index contributed by atoms with van der Waals surface area (Å²) in [6.45, 7) is 5.19. The van der Waals surface area contributed by atoms with Gasteiger partial charge < -0.3 is 9.64 Å². The molecular formula is C23H31N5O3. The van der Waals surface area contributed by atoms with E-state index in [-0.39, 0.29) is 23.7 Å². The molecule has 0 unspecified atom stereocenters. The molecule has 0 bridgehead atoms. The second-order valence-electron chi connectivity index (χ2n) is 8.58. The summed E-state index contributed by atoms with van der Waals surface area (Å²) in [5.74, 6) is -0.288. The summed E-state index contributed by atoms with van der Waals surface area (Å²) in [7, 11) is 1.33. The second kappa shape index (κ2) is 9.60. The van der Waals surface area contributed by atoms with Gasteiger partial charge in [-0.1, -0.05) is 42.3 Å². The summed E-state index contributed by atoms with van der Waals surface area (Å²) in [6.07, 6.45) is 6.82. The predicted molar refractivity (Wildman–Crippen MR) is 115 cm³/mol. The molecule has 2 saturated heterocycles. The molecule has 2 aliphatic rings. The van der Waals surface area contributed by atoms with Crippen LogP contribution in [-0.4, -0.2) is 69.5 Å². The Kier molecular flexibility index (Phi) is 6.65. The van der Waals surface area contributed by atoms with Gasteiger partial charge in [-0.3, -0.25) is 9.69 Å². The summed E-state index contributed by atoms with van der Waals surface area (Å²) in [6, 6.07) is 8.09. The SMILES string of the molecule is COC(=O)c1cn([C@@H]2C[C@@H](C(=O)N3CCCCCC3)N(Cc3ccccc3C)C2)nn1. The smallest absolute Gasteiger partial charge is 0.360 e. The highest BCUT2D eigenvalue weighted by Gasteiger charge is 2.40. The van der Waals surface area contributed by atoms with E-state index in [4.69, 9.17) is 4.74 Å².